The Hall–Kier alpha value is -3.05. The number of anilines is 3. The molecule has 5 rings (SSSR count). The van der Waals surface area contributed by atoms with Gasteiger partial charge in [0.05, 0.1) is 23.1 Å². The molecule has 10 nitrogen and oxygen atoms in total. The van der Waals surface area contributed by atoms with Crippen molar-refractivity contribution in [3.8, 4) is 0 Å². The largest absolute Gasteiger partial charge is 0.323 e. The van der Waals surface area contributed by atoms with Gasteiger partial charge in [0, 0.05) is 18.6 Å². The highest BCUT2D eigenvalue weighted by atomic mass is 32.2. The number of hydrogen-bond donors (Lipinski definition) is 2. The summed E-state index contributed by atoms with van der Waals surface area (Å²) in [7, 11) is -1.87. The third kappa shape index (κ3) is 3.65. The molecule has 3 N–H and O–H groups in total. The Balaban J connectivity index is 1.59. The van der Waals surface area contributed by atoms with E-state index in [1.54, 1.807) is 6.07 Å². The molecule has 2 aliphatic rings. The molecule has 11 heteroatoms. The number of aromatic nitrogens is 4. The highest BCUT2D eigenvalue weighted by Crippen LogP contribution is 2.46. The number of nitrogens with one attached hydrogen (secondary N) is 1. The molecule has 1 saturated carbocycles. The minimum atomic E-state index is -3.85. The van der Waals surface area contributed by atoms with Crippen LogP contribution in [0.15, 0.2) is 40.7 Å². The van der Waals surface area contributed by atoms with Gasteiger partial charge in [-0.3, -0.25) is 9.58 Å². The lowest BCUT2D eigenvalue weighted by Crippen LogP contribution is -2.50. The summed E-state index contributed by atoms with van der Waals surface area (Å²) in [4.78, 5) is 13.3. The lowest BCUT2D eigenvalue weighted by molar-refractivity contribution is 0.274. The maximum atomic E-state index is 11.5. The normalized spacial score (nSPS) is 18.0. The fourth-order valence-electron chi connectivity index (χ4n) is 5.14. The van der Waals surface area contributed by atoms with Crippen molar-refractivity contribution in [3.05, 3.63) is 30.6 Å². The first-order chi connectivity index (χ1) is 15.7. The van der Waals surface area contributed by atoms with E-state index in [1.165, 1.54) is 24.4 Å². The number of hydrazone groups is 1. The van der Waals surface area contributed by atoms with E-state index < -0.39 is 10.0 Å². The van der Waals surface area contributed by atoms with Crippen LogP contribution in [0.4, 0.5) is 17.5 Å². The highest BCUT2D eigenvalue weighted by molar-refractivity contribution is 7.89. The Morgan fingerprint density at radius 1 is 1.12 bits per heavy atom. The number of nitrogens with two attached hydrogens (primary N) is 1. The summed E-state index contributed by atoms with van der Waals surface area (Å²) < 4.78 is 25.3. The van der Waals surface area contributed by atoms with Crippen molar-refractivity contribution >= 4 is 44.2 Å². The summed E-state index contributed by atoms with van der Waals surface area (Å²) in [6, 6.07) is 5.04. The zero-order valence-corrected chi connectivity index (χ0v) is 19.8. The fourth-order valence-corrected chi connectivity index (χ4v) is 5.59. The third-order valence-corrected chi connectivity index (χ3v) is 7.35. The quantitative estimate of drug-likeness (QED) is 0.600. The lowest BCUT2D eigenvalue weighted by Gasteiger charge is -2.46. The van der Waals surface area contributed by atoms with E-state index in [1.807, 2.05) is 18.3 Å². The number of fused-ring (bicyclic) bond motifs is 4. The van der Waals surface area contributed by atoms with E-state index >= 15 is 0 Å². The SMILES string of the molecule is CC(C)C1=NN(C)c2cc3cnc(Nc4ccc(S(N)(=O)=O)nc4)nc3n2C12CCCCC2. The zero-order chi connectivity index (χ0) is 23.4. The Kier molecular flexibility index (Phi) is 5.13. The van der Waals surface area contributed by atoms with Crippen molar-refractivity contribution in [3.63, 3.8) is 0 Å². The summed E-state index contributed by atoms with van der Waals surface area (Å²) in [6.07, 6.45) is 8.85. The van der Waals surface area contributed by atoms with E-state index in [2.05, 4.69) is 39.8 Å². The van der Waals surface area contributed by atoms with Gasteiger partial charge in [0.25, 0.3) is 10.0 Å². The van der Waals surface area contributed by atoms with Gasteiger partial charge < -0.3 is 5.32 Å². The molecule has 1 aliphatic carbocycles. The molecule has 174 valence electrons. The summed E-state index contributed by atoms with van der Waals surface area (Å²) in [5.74, 6) is 1.75. The number of rotatable bonds is 4. The minimum absolute atomic E-state index is 0.180. The van der Waals surface area contributed by atoms with Crippen LogP contribution in [0.2, 0.25) is 0 Å². The number of hydrogen-bond acceptors (Lipinski definition) is 8. The molecular weight excluding hydrogens is 440 g/mol. The van der Waals surface area contributed by atoms with Gasteiger partial charge in [-0.15, -0.1) is 0 Å². The first-order valence-electron chi connectivity index (χ1n) is 11.2. The molecule has 3 aromatic rings. The molecule has 4 heterocycles. The van der Waals surface area contributed by atoms with Crippen LogP contribution in [0, 0.1) is 5.92 Å². The first-order valence-corrected chi connectivity index (χ1v) is 12.7. The predicted molar refractivity (Wildman–Crippen MR) is 128 cm³/mol. The summed E-state index contributed by atoms with van der Waals surface area (Å²) in [5.41, 5.74) is 2.45. The fraction of sp³-hybridized carbons (Fsp3) is 0.455. The van der Waals surface area contributed by atoms with Crippen molar-refractivity contribution < 1.29 is 8.42 Å². The number of primary sulfonamides is 1. The molecule has 0 saturated heterocycles. The molecule has 33 heavy (non-hydrogen) atoms. The van der Waals surface area contributed by atoms with Crippen molar-refractivity contribution in [2.45, 2.75) is 56.5 Å². The molecule has 0 aromatic carbocycles. The van der Waals surface area contributed by atoms with Crippen LogP contribution < -0.4 is 15.5 Å². The second-order valence-corrected chi connectivity index (χ2v) is 10.6. The second kappa shape index (κ2) is 7.77. The molecule has 1 spiro atoms. The average Bonchev–Trinajstić information content (AvgIpc) is 3.17. The molecule has 0 amide bonds. The molecule has 0 unspecified atom stereocenters. The van der Waals surface area contributed by atoms with Crippen LogP contribution in [0.1, 0.15) is 46.0 Å². The average molecular weight is 469 g/mol. The monoisotopic (exact) mass is 468 g/mol. The van der Waals surface area contributed by atoms with Gasteiger partial charge in [-0.05, 0) is 37.0 Å². The van der Waals surface area contributed by atoms with Crippen LogP contribution in [-0.2, 0) is 15.6 Å². The number of pyridine rings is 1. The molecule has 0 bridgehead atoms. The lowest BCUT2D eigenvalue weighted by atomic mass is 9.74. The van der Waals surface area contributed by atoms with Crippen LogP contribution in [0.25, 0.3) is 11.0 Å². The van der Waals surface area contributed by atoms with Crippen LogP contribution >= 0.6 is 0 Å². The van der Waals surface area contributed by atoms with Gasteiger partial charge in [-0.2, -0.15) is 10.1 Å². The molecule has 1 fully saturated rings. The van der Waals surface area contributed by atoms with Crippen LogP contribution in [0.3, 0.4) is 0 Å². The molecule has 1 aliphatic heterocycles. The van der Waals surface area contributed by atoms with E-state index in [9.17, 15) is 8.42 Å². The maximum Gasteiger partial charge on any atom is 0.255 e. The Morgan fingerprint density at radius 3 is 2.52 bits per heavy atom. The van der Waals surface area contributed by atoms with E-state index in [4.69, 9.17) is 15.2 Å². The van der Waals surface area contributed by atoms with Gasteiger partial charge in [-0.1, -0.05) is 33.1 Å². The van der Waals surface area contributed by atoms with Gasteiger partial charge in [0.15, 0.2) is 5.03 Å². The van der Waals surface area contributed by atoms with Gasteiger partial charge in [0.1, 0.15) is 11.5 Å². The van der Waals surface area contributed by atoms with E-state index in [0.29, 0.717) is 17.6 Å². The zero-order valence-electron chi connectivity index (χ0n) is 19.0. The summed E-state index contributed by atoms with van der Waals surface area (Å²) in [6.45, 7) is 4.42. The maximum absolute atomic E-state index is 11.5. The van der Waals surface area contributed by atoms with Crippen LogP contribution in [0.5, 0.6) is 0 Å². The van der Waals surface area contributed by atoms with Gasteiger partial charge >= 0.3 is 0 Å². The molecule has 3 aromatic heterocycles. The van der Waals surface area contributed by atoms with Crippen molar-refractivity contribution in [2.75, 3.05) is 17.4 Å². The predicted octanol–water partition coefficient (Wildman–Crippen LogP) is 3.34. The topological polar surface area (TPSA) is 131 Å². The summed E-state index contributed by atoms with van der Waals surface area (Å²) in [5, 5.41) is 16.0. The van der Waals surface area contributed by atoms with Crippen molar-refractivity contribution in [2.24, 2.45) is 16.2 Å². The van der Waals surface area contributed by atoms with Crippen molar-refractivity contribution in [1.82, 2.24) is 19.5 Å². The van der Waals surface area contributed by atoms with Crippen LogP contribution in [-0.4, -0.2) is 40.7 Å². The molecular formula is C22H28N8O2S. The van der Waals surface area contributed by atoms with E-state index in [-0.39, 0.29) is 10.6 Å². The van der Waals surface area contributed by atoms with Gasteiger partial charge in [-0.25, -0.2) is 23.5 Å². The molecule has 0 atom stereocenters. The Bertz CT molecular complexity index is 1340. The minimum Gasteiger partial charge on any atom is -0.323 e. The summed E-state index contributed by atoms with van der Waals surface area (Å²) >= 11 is 0. The first kappa shape index (κ1) is 21.8. The number of sulfonamides is 1. The number of nitrogens with zero attached hydrogens (tertiary/aromatic N) is 6. The Labute approximate surface area is 193 Å². The Morgan fingerprint density at radius 2 is 1.88 bits per heavy atom. The smallest absolute Gasteiger partial charge is 0.255 e. The third-order valence-electron chi connectivity index (χ3n) is 6.53. The second-order valence-electron chi connectivity index (χ2n) is 9.12. The molecule has 0 radical (unpaired) electrons. The van der Waals surface area contributed by atoms with Crippen molar-refractivity contribution in [1.29, 1.82) is 0 Å². The standard InChI is InChI=1S/C22H28N8O2S/c1-14(2)19-22(9-5-4-6-10-22)30-18(29(3)28-19)11-15-12-25-21(27-20(15)30)26-16-7-8-17(24-13-16)33(23,31)32/h7-8,11-14H,4-6,9-10H2,1-3H3,(H2,23,31,32)(H,25,26,27). The van der Waals surface area contributed by atoms with Gasteiger partial charge in [0.2, 0.25) is 5.95 Å². The highest BCUT2D eigenvalue weighted by Gasteiger charge is 2.45. The van der Waals surface area contributed by atoms with E-state index in [0.717, 1.165) is 42.5 Å².